The van der Waals surface area contributed by atoms with Gasteiger partial charge in [-0.3, -0.25) is 0 Å². The zero-order valence-corrected chi connectivity index (χ0v) is 12.2. The van der Waals surface area contributed by atoms with Gasteiger partial charge in [0.05, 0.1) is 11.5 Å². The second kappa shape index (κ2) is 5.61. The van der Waals surface area contributed by atoms with Gasteiger partial charge < -0.3 is 5.11 Å². The Morgan fingerprint density at radius 3 is 2.68 bits per heavy atom. The summed E-state index contributed by atoms with van der Waals surface area (Å²) in [5.41, 5.74) is 1.32. The molecule has 4 nitrogen and oxygen atoms in total. The first-order valence-corrected chi connectivity index (χ1v) is 8.13. The average Bonchev–Trinajstić information content (AvgIpc) is 2.74. The monoisotopic (exact) mass is 283 g/mol. The first kappa shape index (κ1) is 14.5. The van der Waals surface area contributed by atoms with Crippen molar-refractivity contribution in [1.29, 1.82) is 0 Å². The topological polar surface area (TPSA) is 66.4 Å². The summed E-state index contributed by atoms with van der Waals surface area (Å²) in [7, 11) is -3.49. The molecule has 0 radical (unpaired) electrons. The lowest BCUT2D eigenvalue weighted by atomic mass is 10.1. The third-order valence-electron chi connectivity index (χ3n) is 3.74. The van der Waals surface area contributed by atoms with Crippen molar-refractivity contribution in [3.63, 3.8) is 0 Å². The summed E-state index contributed by atoms with van der Waals surface area (Å²) in [5, 5.41) is 9.12. The van der Waals surface area contributed by atoms with Crippen molar-refractivity contribution in [3.8, 4) is 0 Å². The molecule has 0 amide bonds. The van der Waals surface area contributed by atoms with Gasteiger partial charge >= 0.3 is 0 Å². The lowest BCUT2D eigenvalue weighted by molar-refractivity contribution is 0.281. The van der Waals surface area contributed by atoms with Crippen LogP contribution in [0, 0.1) is 12.8 Å². The van der Waals surface area contributed by atoms with Crippen molar-refractivity contribution >= 4 is 10.0 Å². The zero-order chi connectivity index (χ0) is 14.0. The van der Waals surface area contributed by atoms with Gasteiger partial charge in [-0.2, -0.15) is 0 Å². The van der Waals surface area contributed by atoms with Crippen LogP contribution in [0.4, 0.5) is 0 Å². The van der Waals surface area contributed by atoms with Crippen molar-refractivity contribution in [2.45, 2.75) is 50.7 Å². The molecular formula is C14H21NO3S. The molecule has 1 aliphatic carbocycles. The number of benzene rings is 1. The predicted molar refractivity (Wildman–Crippen MR) is 74.2 cm³/mol. The Morgan fingerprint density at radius 2 is 2.11 bits per heavy atom. The summed E-state index contributed by atoms with van der Waals surface area (Å²) < 4.78 is 27.6. The van der Waals surface area contributed by atoms with Crippen LogP contribution in [0.5, 0.6) is 0 Å². The van der Waals surface area contributed by atoms with Gasteiger partial charge in [0.1, 0.15) is 0 Å². The maximum Gasteiger partial charge on any atom is 0.241 e. The fraction of sp³-hybridized carbons (Fsp3) is 0.571. The number of hydrogen-bond donors (Lipinski definition) is 2. The third-order valence-corrected chi connectivity index (χ3v) is 5.40. The van der Waals surface area contributed by atoms with Crippen molar-refractivity contribution in [3.05, 3.63) is 29.3 Å². The lowest BCUT2D eigenvalue weighted by Gasteiger charge is -2.15. The smallest absolute Gasteiger partial charge is 0.241 e. The summed E-state index contributed by atoms with van der Waals surface area (Å²) in [6, 6.07) is 5.07. The van der Waals surface area contributed by atoms with Crippen molar-refractivity contribution < 1.29 is 13.5 Å². The van der Waals surface area contributed by atoms with Crippen LogP contribution in [-0.4, -0.2) is 19.6 Å². The van der Waals surface area contributed by atoms with Gasteiger partial charge in [-0.05, 0) is 49.3 Å². The van der Waals surface area contributed by atoms with Gasteiger partial charge in [-0.15, -0.1) is 0 Å². The normalized spacial score (nSPS) is 23.7. The summed E-state index contributed by atoms with van der Waals surface area (Å²) in [6.07, 6.45) is 2.87. The summed E-state index contributed by atoms with van der Waals surface area (Å²) in [5.74, 6) is 0.581. The number of hydrogen-bond acceptors (Lipinski definition) is 3. The highest BCUT2D eigenvalue weighted by Gasteiger charge is 2.27. The molecule has 0 bridgehead atoms. The van der Waals surface area contributed by atoms with Crippen molar-refractivity contribution in [1.82, 2.24) is 4.72 Å². The molecule has 1 aromatic rings. The van der Waals surface area contributed by atoms with E-state index < -0.39 is 10.0 Å². The van der Waals surface area contributed by atoms with E-state index in [1.54, 1.807) is 25.1 Å². The van der Waals surface area contributed by atoms with Crippen molar-refractivity contribution in [2.75, 3.05) is 0 Å². The van der Waals surface area contributed by atoms with Crippen LogP contribution in [0.1, 0.15) is 37.3 Å². The number of sulfonamides is 1. The molecule has 2 rings (SSSR count). The molecule has 5 heteroatoms. The van der Waals surface area contributed by atoms with E-state index in [0.29, 0.717) is 17.0 Å². The highest BCUT2D eigenvalue weighted by atomic mass is 32.2. The van der Waals surface area contributed by atoms with Gasteiger partial charge in [-0.1, -0.05) is 19.1 Å². The van der Waals surface area contributed by atoms with Gasteiger partial charge in [-0.25, -0.2) is 13.1 Å². The van der Waals surface area contributed by atoms with E-state index in [1.807, 2.05) is 0 Å². The molecule has 106 valence electrons. The minimum Gasteiger partial charge on any atom is -0.392 e. The molecule has 0 spiro atoms. The van der Waals surface area contributed by atoms with Crippen LogP contribution < -0.4 is 4.72 Å². The molecule has 0 aliphatic heterocycles. The summed E-state index contributed by atoms with van der Waals surface area (Å²) in [4.78, 5) is 0.276. The Hall–Kier alpha value is -0.910. The number of nitrogens with one attached hydrogen (secondary N) is 1. The average molecular weight is 283 g/mol. The molecule has 1 fully saturated rings. The van der Waals surface area contributed by atoms with E-state index in [2.05, 4.69) is 11.6 Å². The van der Waals surface area contributed by atoms with E-state index in [0.717, 1.165) is 19.3 Å². The van der Waals surface area contributed by atoms with Gasteiger partial charge in [0.15, 0.2) is 0 Å². The van der Waals surface area contributed by atoms with E-state index in [9.17, 15) is 8.42 Å². The van der Waals surface area contributed by atoms with Crippen LogP contribution in [0.2, 0.25) is 0 Å². The maximum atomic E-state index is 12.4. The summed E-state index contributed by atoms with van der Waals surface area (Å²) in [6.45, 7) is 3.77. The van der Waals surface area contributed by atoms with Crippen LogP contribution in [0.25, 0.3) is 0 Å². The molecule has 2 N–H and O–H groups in total. The second-order valence-corrected chi connectivity index (χ2v) is 7.18. The predicted octanol–water partition coefficient (Wildman–Crippen LogP) is 1.95. The Bertz CT molecular complexity index is 554. The fourth-order valence-corrected chi connectivity index (χ4v) is 4.21. The minimum atomic E-state index is -3.49. The van der Waals surface area contributed by atoms with E-state index in [-0.39, 0.29) is 17.5 Å². The molecule has 1 aliphatic rings. The Morgan fingerprint density at radius 1 is 1.37 bits per heavy atom. The minimum absolute atomic E-state index is 0.0391. The molecule has 1 aromatic carbocycles. The highest BCUT2D eigenvalue weighted by molar-refractivity contribution is 7.89. The van der Waals surface area contributed by atoms with Crippen LogP contribution in [0.3, 0.4) is 0 Å². The zero-order valence-electron chi connectivity index (χ0n) is 11.4. The number of aliphatic hydroxyl groups excluding tert-OH is 1. The standard InChI is InChI=1S/C14H21NO3S/c1-10-3-6-13(7-10)15-19(17,18)14-8-12(9-16)5-4-11(14)2/h4-5,8,10,13,15-16H,3,6-7,9H2,1-2H3. The molecule has 2 atom stereocenters. The van der Waals surface area contributed by atoms with E-state index in [1.165, 1.54) is 0 Å². The van der Waals surface area contributed by atoms with Crippen LogP contribution in [0.15, 0.2) is 23.1 Å². The van der Waals surface area contributed by atoms with Gasteiger partial charge in [0.25, 0.3) is 0 Å². The first-order valence-electron chi connectivity index (χ1n) is 6.65. The van der Waals surface area contributed by atoms with Gasteiger partial charge in [0, 0.05) is 6.04 Å². The number of rotatable bonds is 4. The molecule has 1 saturated carbocycles. The number of aryl methyl sites for hydroxylation is 1. The Balaban J connectivity index is 2.24. The molecule has 0 aromatic heterocycles. The quantitative estimate of drug-likeness (QED) is 0.887. The highest BCUT2D eigenvalue weighted by Crippen LogP contribution is 2.26. The lowest BCUT2D eigenvalue weighted by Crippen LogP contribution is -2.33. The summed E-state index contributed by atoms with van der Waals surface area (Å²) >= 11 is 0. The van der Waals surface area contributed by atoms with Crippen LogP contribution in [-0.2, 0) is 16.6 Å². The SMILES string of the molecule is Cc1ccc(CO)cc1S(=O)(=O)NC1CCC(C)C1. The van der Waals surface area contributed by atoms with Crippen molar-refractivity contribution in [2.24, 2.45) is 5.92 Å². The molecule has 2 unspecified atom stereocenters. The molecule has 0 saturated heterocycles. The number of aliphatic hydroxyl groups is 1. The first-order chi connectivity index (χ1) is 8.92. The van der Waals surface area contributed by atoms with Crippen LogP contribution >= 0.6 is 0 Å². The second-order valence-electron chi connectivity index (χ2n) is 5.49. The largest absolute Gasteiger partial charge is 0.392 e. The Kier molecular flexibility index (Phi) is 4.28. The molecule has 19 heavy (non-hydrogen) atoms. The Labute approximate surface area is 114 Å². The third kappa shape index (κ3) is 3.35. The fourth-order valence-electron chi connectivity index (χ4n) is 2.63. The maximum absolute atomic E-state index is 12.4. The molecular weight excluding hydrogens is 262 g/mol. The van der Waals surface area contributed by atoms with Gasteiger partial charge in [0.2, 0.25) is 10.0 Å². The van der Waals surface area contributed by atoms with E-state index >= 15 is 0 Å². The molecule has 0 heterocycles. The van der Waals surface area contributed by atoms with E-state index in [4.69, 9.17) is 5.11 Å².